The fourth-order valence-electron chi connectivity index (χ4n) is 1.73. The van der Waals surface area contributed by atoms with Gasteiger partial charge in [-0.25, -0.2) is 0 Å². The molecule has 1 aromatic carbocycles. The molecule has 0 fully saturated rings. The Morgan fingerprint density at radius 2 is 2.11 bits per heavy atom. The van der Waals surface area contributed by atoms with Crippen LogP contribution in [0, 0.1) is 3.57 Å². The Labute approximate surface area is 121 Å². The molecular weight excluding hydrogens is 372 g/mol. The van der Waals surface area contributed by atoms with Crippen LogP contribution in [0.25, 0.3) is 10.9 Å². The third-order valence-corrected chi connectivity index (χ3v) is 3.20. The van der Waals surface area contributed by atoms with Gasteiger partial charge in [0.25, 0.3) is 0 Å². The van der Waals surface area contributed by atoms with Gasteiger partial charge in [-0.1, -0.05) is 6.07 Å². The second-order valence-electron chi connectivity index (χ2n) is 4.09. The molecule has 1 aromatic heterocycles. The Morgan fingerprint density at radius 3 is 2.84 bits per heavy atom. The quantitative estimate of drug-likeness (QED) is 0.582. The molecule has 104 valence electrons. The van der Waals surface area contributed by atoms with E-state index in [0.717, 1.165) is 14.5 Å². The second kappa shape index (κ2) is 6.08. The van der Waals surface area contributed by atoms with E-state index in [1.807, 2.05) is 18.2 Å². The second-order valence-corrected chi connectivity index (χ2v) is 5.34. The van der Waals surface area contributed by atoms with E-state index >= 15 is 0 Å². The van der Waals surface area contributed by atoms with E-state index in [-0.39, 0.29) is 6.61 Å². The van der Waals surface area contributed by atoms with Crippen LogP contribution in [0.15, 0.2) is 24.4 Å². The van der Waals surface area contributed by atoms with Gasteiger partial charge >= 0.3 is 6.18 Å². The van der Waals surface area contributed by atoms with Crippen molar-refractivity contribution >= 4 is 33.5 Å². The summed E-state index contributed by atoms with van der Waals surface area (Å²) in [5, 5.41) is 5.24. The van der Waals surface area contributed by atoms with E-state index in [1.54, 1.807) is 10.9 Å². The molecule has 0 unspecified atom stereocenters. The third-order valence-electron chi connectivity index (χ3n) is 2.53. The Kier molecular flexibility index (Phi) is 4.67. The molecule has 0 saturated heterocycles. The number of benzene rings is 1. The van der Waals surface area contributed by atoms with Crippen molar-refractivity contribution in [2.45, 2.75) is 19.1 Å². The highest BCUT2D eigenvalue weighted by Gasteiger charge is 2.27. The molecule has 0 bridgehead atoms. The predicted octanol–water partition coefficient (Wildman–Crippen LogP) is 3.61. The number of ether oxygens (including phenoxy) is 1. The van der Waals surface area contributed by atoms with Crippen LogP contribution in [-0.2, 0) is 11.3 Å². The highest BCUT2D eigenvalue weighted by Crippen LogP contribution is 2.17. The van der Waals surface area contributed by atoms with Crippen molar-refractivity contribution in [2.24, 2.45) is 0 Å². The van der Waals surface area contributed by atoms with Gasteiger partial charge in [0.05, 0.1) is 11.7 Å². The molecule has 7 heteroatoms. The van der Waals surface area contributed by atoms with Crippen molar-refractivity contribution < 1.29 is 17.9 Å². The van der Waals surface area contributed by atoms with E-state index in [4.69, 9.17) is 0 Å². The molecule has 0 amide bonds. The summed E-state index contributed by atoms with van der Waals surface area (Å²) in [5.41, 5.74) is 0.989. The Morgan fingerprint density at radius 1 is 1.32 bits per heavy atom. The fourth-order valence-corrected chi connectivity index (χ4v) is 2.20. The first-order valence-corrected chi connectivity index (χ1v) is 6.79. The highest BCUT2D eigenvalue weighted by molar-refractivity contribution is 14.1. The monoisotopic (exact) mass is 384 g/mol. The minimum Gasteiger partial charge on any atom is -0.372 e. The van der Waals surface area contributed by atoms with Crippen LogP contribution in [0.4, 0.5) is 13.2 Å². The molecule has 19 heavy (non-hydrogen) atoms. The third kappa shape index (κ3) is 4.34. The maximum atomic E-state index is 11.9. The summed E-state index contributed by atoms with van der Waals surface area (Å²) in [6.07, 6.45) is -2.01. The summed E-state index contributed by atoms with van der Waals surface area (Å²) >= 11 is 2.21. The lowest BCUT2D eigenvalue weighted by atomic mass is 10.2. The molecule has 0 spiro atoms. The molecule has 3 nitrogen and oxygen atoms in total. The zero-order valence-corrected chi connectivity index (χ0v) is 12.1. The van der Waals surface area contributed by atoms with Crippen molar-refractivity contribution in [1.29, 1.82) is 0 Å². The largest absolute Gasteiger partial charge is 0.411 e. The van der Waals surface area contributed by atoms with Crippen LogP contribution in [0.3, 0.4) is 0 Å². The normalized spacial score (nSPS) is 12.2. The maximum Gasteiger partial charge on any atom is 0.411 e. The molecule has 0 N–H and O–H groups in total. The summed E-state index contributed by atoms with van der Waals surface area (Å²) < 4.78 is 43.0. The van der Waals surface area contributed by atoms with Crippen molar-refractivity contribution in [2.75, 3.05) is 13.2 Å². The van der Waals surface area contributed by atoms with E-state index in [1.165, 1.54) is 0 Å². The molecular formula is C12H12F3IN2O. The van der Waals surface area contributed by atoms with E-state index in [0.29, 0.717) is 13.0 Å². The van der Waals surface area contributed by atoms with Crippen LogP contribution in [0.1, 0.15) is 6.42 Å². The van der Waals surface area contributed by atoms with Crippen molar-refractivity contribution in [1.82, 2.24) is 9.78 Å². The highest BCUT2D eigenvalue weighted by atomic mass is 127. The summed E-state index contributed by atoms with van der Waals surface area (Å²) in [6, 6.07) is 5.96. The SMILES string of the molecule is FC(F)(F)COCCCn1ncc2ccc(I)cc21. The fraction of sp³-hybridized carbons (Fsp3) is 0.417. The maximum absolute atomic E-state index is 11.9. The Hall–Kier alpha value is -0.830. The first-order chi connectivity index (χ1) is 8.96. The van der Waals surface area contributed by atoms with Gasteiger partial charge in [-0.2, -0.15) is 18.3 Å². The van der Waals surface area contributed by atoms with Gasteiger partial charge in [-0.3, -0.25) is 4.68 Å². The van der Waals surface area contributed by atoms with Gasteiger partial charge < -0.3 is 4.74 Å². The first kappa shape index (κ1) is 14.6. The lowest BCUT2D eigenvalue weighted by Gasteiger charge is -2.08. The topological polar surface area (TPSA) is 27.1 Å². The molecule has 0 aliphatic rings. The minimum atomic E-state index is -4.26. The van der Waals surface area contributed by atoms with Crippen LogP contribution < -0.4 is 0 Å². The molecule has 1 heterocycles. The first-order valence-electron chi connectivity index (χ1n) is 5.71. The lowest BCUT2D eigenvalue weighted by molar-refractivity contribution is -0.174. The molecule has 0 aliphatic carbocycles. The number of hydrogen-bond donors (Lipinski definition) is 0. The number of aromatic nitrogens is 2. The summed E-state index contributed by atoms with van der Waals surface area (Å²) in [4.78, 5) is 0. The standard InChI is InChI=1S/C12H12F3IN2O/c13-12(14,15)8-19-5-1-4-18-11-6-10(16)3-2-9(11)7-17-18/h2-3,6-7H,1,4-5,8H2. The van der Waals surface area contributed by atoms with Gasteiger partial charge in [0, 0.05) is 22.1 Å². The van der Waals surface area contributed by atoms with E-state index < -0.39 is 12.8 Å². The molecule has 0 radical (unpaired) electrons. The number of fused-ring (bicyclic) bond motifs is 1. The molecule has 2 rings (SSSR count). The Balaban J connectivity index is 1.86. The molecule has 2 aromatic rings. The molecule has 0 saturated carbocycles. The predicted molar refractivity (Wildman–Crippen MR) is 73.9 cm³/mol. The summed E-state index contributed by atoms with van der Waals surface area (Å²) in [7, 11) is 0. The van der Waals surface area contributed by atoms with Crippen LogP contribution in [0.2, 0.25) is 0 Å². The van der Waals surface area contributed by atoms with Gasteiger partial charge in [0.1, 0.15) is 6.61 Å². The van der Waals surface area contributed by atoms with Crippen molar-refractivity contribution in [3.63, 3.8) is 0 Å². The number of alkyl halides is 3. The number of hydrogen-bond acceptors (Lipinski definition) is 2. The van der Waals surface area contributed by atoms with Gasteiger partial charge in [-0.15, -0.1) is 0 Å². The Bertz CT molecular complexity index is 553. The lowest BCUT2D eigenvalue weighted by Crippen LogP contribution is -2.17. The van der Waals surface area contributed by atoms with Crippen LogP contribution in [-0.4, -0.2) is 29.2 Å². The zero-order valence-electron chi connectivity index (χ0n) is 9.95. The molecule has 0 aliphatic heterocycles. The van der Waals surface area contributed by atoms with Crippen molar-refractivity contribution in [3.05, 3.63) is 28.0 Å². The minimum absolute atomic E-state index is 0.0742. The summed E-state index contributed by atoms with van der Waals surface area (Å²) in [5.74, 6) is 0. The van der Waals surface area contributed by atoms with Crippen molar-refractivity contribution in [3.8, 4) is 0 Å². The van der Waals surface area contributed by atoms with E-state index in [2.05, 4.69) is 32.4 Å². The van der Waals surface area contributed by atoms with Crippen LogP contribution >= 0.6 is 22.6 Å². The summed E-state index contributed by atoms with van der Waals surface area (Å²) in [6.45, 7) is -0.572. The van der Waals surface area contributed by atoms with E-state index in [9.17, 15) is 13.2 Å². The van der Waals surface area contributed by atoms with Crippen LogP contribution in [0.5, 0.6) is 0 Å². The number of rotatable bonds is 5. The van der Waals surface area contributed by atoms with Gasteiger partial charge in [0.2, 0.25) is 0 Å². The number of nitrogens with zero attached hydrogens (tertiary/aromatic N) is 2. The van der Waals surface area contributed by atoms with Gasteiger partial charge in [-0.05, 0) is 41.1 Å². The number of aryl methyl sites for hydroxylation is 1. The zero-order chi connectivity index (χ0) is 13.9. The average molecular weight is 384 g/mol. The average Bonchev–Trinajstić information content (AvgIpc) is 2.70. The van der Waals surface area contributed by atoms with Gasteiger partial charge in [0.15, 0.2) is 0 Å². The molecule has 0 atom stereocenters. The smallest absolute Gasteiger partial charge is 0.372 e. The number of halogens is 4.